The van der Waals surface area contributed by atoms with Crippen LogP contribution in [0.4, 0.5) is 0 Å². The number of rotatable bonds is 5. The number of H-pyrrole nitrogens is 1. The Morgan fingerprint density at radius 3 is 3.00 bits per heavy atom. The Balaban J connectivity index is 2.46. The molecule has 0 saturated carbocycles. The van der Waals surface area contributed by atoms with Crippen LogP contribution in [0.3, 0.4) is 0 Å². The summed E-state index contributed by atoms with van der Waals surface area (Å²) in [5, 5.41) is 18.2. The van der Waals surface area contributed by atoms with Gasteiger partial charge in [-0.25, -0.2) is 0 Å². The van der Waals surface area contributed by atoms with Crippen LogP contribution in [0.25, 0.3) is 0 Å². The van der Waals surface area contributed by atoms with Crippen molar-refractivity contribution < 1.29 is 4.79 Å². The van der Waals surface area contributed by atoms with E-state index >= 15 is 0 Å². The summed E-state index contributed by atoms with van der Waals surface area (Å²) in [7, 11) is 0. The number of aromatic nitrogens is 2. The predicted molar refractivity (Wildman–Crippen MR) is 59.2 cm³/mol. The monoisotopic (exact) mass is 220 g/mol. The fourth-order valence-corrected chi connectivity index (χ4v) is 1.40. The van der Waals surface area contributed by atoms with E-state index in [0.717, 1.165) is 17.7 Å². The van der Waals surface area contributed by atoms with Crippen molar-refractivity contribution >= 4 is 5.91 Å². The van der Waals surface area contributed by atoms with Crippen LogP contribution in [-0.4, -0.2) is 16.1 Å². The molecule has 16 heavy (non-hydrogen) atoms. The summed E-state index contributed by atoms with van der Waals surface area (Å²) in [5.74, 6) is -0.748. The quantitative estimate of drug-likeness (QED) is 0.784. The van der Waals surface area contributed by atoms with Gasteiger partial charge in [-0.05, 0) is 13.3 Å². The van der Waals surface area contributed by atoms with E-state index in [0.29, 0.717) is 13.0 Å². The van der Waals surface area contributed by atoms with Crippen LogP contribution in [0.15, 0.2) is 6.20 Å². The van der Waals surface area contributed by atoms with Gasteiger partial charge < -0.3 is 5.32 Å². The maximum Gasteiger partial charge on any atom is 0.237 e. The number of aromatic amines is 1. The van der Waals surface area contributed by atoms with Gasteiger partial charge in [0.1, 0.15) is 5.92 Å². The van der Waals surface area contributed by atoms with Gasteiger partial charge >= 0.3 is 0 Å². The zero-order chi connectivity index (χ0) is 12.0. The first-order chi connectivity index (χ1) is 7.69. The molecule has 0 aromatic carbocycles. The predicted octanol–water partition coefficient (Wildman–Crippen LogP) is 1.27. The van der Waals surface area contributed by atoms with Crippen molar-refractivity contribution in [3.8, 4) is 6.07 Å². The number of nitrogens with one attached hydrogen (secondary N) is 2. The van der Waals surface area contributed by atoms with Gasteiger partial charge in [-0.1, -0.05) is 13.3 Å². The Morgan fingerprint density at radius 2 is 2.50 bits per heavy atom. The lowest BCUT2D eigenvalue weighted by Crippen LogP contribution is -2.29. The molecular formula is C11H16N4O. The topological polar surface area (TPSA) is 81.6 Å². The molecule has 5 heteroatoms. The lowest BCUT2D eigenvalue weighted by atomic mass is 10.0. The molecule has 1 aromatic rings. The Kier molecular flexibility index (Phi) is 4.52. The fraction of sp³-hybridized carbons (Fsp3) is 0.545. The Morgan fingerprint density at radius 1 is 1.75 bits per heavy atom. The van der Waals surface area contributed by atoms with Crippen LogP contribution in [0.5, 0.6) is 0 Å². The molecule has 0 radical (unpaired) electrons. The summed E-state index contributed by atoms with van der Waals surface area (Å²) in [6.07, 6.45) is 3.11. The van der Waals surface area contributed by atoms with Gasteiger partial charge in [-0.2, -0.15) is 10.4 Å². The van der Waals surface area contributed by atoms with E-state index in [4.69, 9.17) is 5.26 Å². The molecule has 0 spiro atoms. The first-order valence-electron chi connectivity index (χ1n) is 5.35. The lowest BCUT2D eigenvalue weighted by molar-refractivity contribution is -0.123. The highest BCUT2D eigenvalue weighted by molar-refractivity contribution is 5.80. The molecule has 1 aromatic heterocycles. The summed E-state index contributed by atoms with van der Waals surface area (Å²) in [6, 6.07) is 2.01. The third-order valence-electron chi connectivity index (χ3n) is 2.44. The van der Waals surface area contributed by atoms with Crippen LogP contribution >= 0.6 is 0 Å². The van der Waals surface area contributed by atoms with Gasteiger partial charge in [0.05, 0.1) is 12.3 Å². The Hall–Kier alpha value is -1.83. The van der Waals surface area contributed by atoms with Crippen molar-refractivity contribution in [2.24, 2.45) is 5.92 Å². The van der Waals surface area contributed by atoms with E-state index in [9.17, 15) is 4.79 Å². The fourth-order valence-electron chi connectivity index (χ4n) is 1.40. The highest BCUT2D eigenvalue weighted by Crippen LogP contribution is 2.06. The molecule has 5 nitrogen and oxygen atoms in total. The molecule has 1 amide bonds. The number of nitriles is 1. The van der Waals surface area contributed by atoms with E-state index in [-0.39, 0.29) is 5.91 Å². The van der Waals surface area contributed by atoms with E-state index in [2.05, 4.69) is 15.5 Å². The molecule has 1 atom stereocenters. The van der Waals surface area contributed by atoms with Crippen LogP contribution in [0.1, 0.15) is 31.0 Å². The largest absolute Gasteiger partial charge is 0.351 e. The zero-order valence-electron chi connectivity index (χ0n) is 9.58. The Labute approximate surface area is 94.9 Å². The third kappa shape index (κ3) is 3.09. The minimum Gasteiger partial charge on any atom is -0.351 e. The standard InChI is InChI=1S/C11H16N4O/c1-3-4-9(5-12)11(16)13-6-10-7-14-15-8(10)2/h7,9H,3-4,6H2,1-2H3,(H,13,16)(H,14,15). The number of hydrogen-bond acceptors (Lipinski definition) is 3. The van der Waals surface area contributed by atoms with Crippen molar-refractivity contribution in [3.05, 3.63) is 17.5 Å². The van der Waals surface area contributed by atoms with Gasteiger partial charge in [0.2, 0.25) is 5.91 Å². The smallest absolute Gasteiger partial charge is 0.237 e. The summed E-state index contributed by atoms with van der Waals surface area (Å²) in [4.78, 5) is 11.6. The summed E-state index contributed by atoms with van der Waals surface area (Å²) in [6.45, 7) is 4.27. The molecule has 86 valence electrons. The molecule has 1 unspecified atom stereocenters. The van der Waals surface area contributed by atoms with Crippen molar-refractivity contribution in [1.82, 2.24) is 15.5 Å². The second-order valence-corrected chi connectivity index (χ2v) is 3.71. The van der Waals surface area contributed by atoms with E-state index in [1.165, 1.54) is 0 Å². The second-order valence-electron chi connectivity index (χ2n) is 3.71. The molecular weight excluding hydrogens is 204 g/mol. The molecule has 1 heterocycles. The summed E-state index contributed by atoms with van der Waals surface area (Å²) < 4.78 is 0. The molecule has 0 fully saturated rings. The zero-order valence-corrected chi connectivity index (χ0v) is 9.58. The first-order valence-corrected chi connectivity index (χ1v) is 5.35. The summed E-state index contributed by atoms with van der Waals surface area (Å²) in [5.41, 5.74) is 1.88. The van der Waals surface area contributed by atoms with Crippen molar-refractivity contribution in [1.29, 1.82) is 5.26 Å². The highest BCUT2D eigenvalue weighted by atomic mass is 16.1. The maximum absolute atomic E-state index is 11.6. The Bertz CT molecular complexity index is 391. The van der Waals surface area contributed by atoms with E-state index in [1.807, 2.05) is 19.9 Å². The van der Waals surface area contributed by atoms with Crippen LogP contribution in [0, 0.1) is 24.2 Å². The average Bonchev–Trinajstić information content (AvgIpc) is 2.68. The molecule has 0 bridgehead atoms. The van der Waals surface area contributed by atoms with E-state index in [1.54, 1.807) is 6.20 Å². The second kappa shape index (κ2) is 5.91. The first kappa shape index (κ1) is 12.2. The van der Waals surface area contributed by atoms with Crippen LogP contribution in [-0.2, 0) is 11.3 Å². The number of amides is 1. The van der Waals surface area contributed by atoms with Crippen molar-refractivity contribution in [3.63, 3.8) is 0 Å². The normalized spacial score (nSPS) is 11.8. The minimum absolute atomic E-state index is 0.204. The van der Waals surface area contributed by atoms with Crippen LogP contribution in [0.2, 0.25) is 0 Å². The van der Waals surface area contributed by atoms with Crippen molar-refractivity contribution in [2.45, 2.75) is 33.2 Å². The molecule has 0 aliphatic heterocycles. The third-order valence-corrected chi connectivity index (χ3v) is 2.44. The van der Waals surface area contributed by atoms with Crippen LogP contribution < -0.4 is 5.32 Å². The SMILES string of the molecule is CCCC(C#N)C(=O)NCc1cn[nH]c1C. The van der Waals surface area contributed by atoms with E-state index < -0.39 is 5.92 Å². The van der Waals surface area contributed by atoms with Gasteiger partial charge in [-0.15, -0.1) is 0 Å². The molecule has 0 saturated heterocycles. The maximum atomic E-state index is 11.6. The number of nitrogens with zero attached hydrogens (tertiary/aromatic N) is 2. The van der Waals surface area contributed by atoms with Gasteiger partial charge in [0.15, 0.2) is 0 Å². The van der Waals surface area contributed by atoms with Crippen molar-refractivity contribution in [2.75, 3.05) is 0 Å². The molecule has 0 aliphatic carbocycles. The van der Waals surface area contributed by atoms with Gasteiger partial charge in [0.25, 0.3) is 0 Å². The number of aryl methyl sites for hydroxylation is 1. The number of carbonyl (C=O) groups is 1. The molecule has 1 rings (SSSR count). The minimum atomic E-state index is -0.544. The highest BCUT2D eigenvalue weighted by Gasteiger charge is 2.16. The van der Waals surface area contributed by atoms with Gasteiger partial charge in [-0.3, -0.25) is 9.89 Å². The van der Waals surface area contributed by atoms with Gasteiger partial charge in [0, 0.05) is 17.8 Å². The average molecular weight is 220 g/mol. The summed E-state index contributed by atoms with van der Waals surface area (Å²) >= 11 is 0. The number of carbonyl (C=O) groups excluding carboxylic acids is 1. The lowest BCUT2D eigenvalue weighted by Gasteiger charge is -2.08. The molecule has 2 N–H and O–H groups in total. The number of hydrogen-bond donors (Lipinski definition) is 2. The molecule has 0 aliphatic rings.